The van der Waals surface area contributed by atoms with Crippen molar-refractivity contribution in [3.05, 3.63) is 54.1 Å². The first-order valence-corrected chi connectivity index (χ1v) is 10.6. The van der Waals surface area contributed by atoms with Gasteiger partial charge in [-0.25, -0.2) is 9.97 Å². The van der Waals surface area contributed by atoms with Crippen LogP contribution in [0.15, 0.2) is 42.9 Å². The van der Waals surface area contributed by atoms with Crippen molar-refractivity contribution >= 4 is 39.2 Å². The lowest BCUT2D eigenvalue weighted by molar-refractivity contribution is -0.125. The molecule has 4 aromatic rings. The number of thiazole rings is 1. The van der Waals surface area contributed by atoms with Crippen LogP contribution in [0, 0.1) is 6.92 Å². The van der Waals surface area contributed by atoms with Crippen LogP contribution in [0.4, 0.5) is 13.9 Å². The molecule has 3 heterocycles. The Hall–Kier alpha value is -3.60. The summed E-state index contributed by atoms with van der Waals surface area (Å²) in [5, 5.41) is 6.57. The fourth-order valence-electron chi connectivity index (χ4n) is 3.47. The minimum absolute atomic E-state index is 0.0766. The number of fused-ring (bicyclic) bond motifs is 1. The predicted molar refractivity (Wildman–Crippen MR) is 118 cm³/mol. The van der Waals surface area contributed by atoms with E-state index in [4.69, 9.17) is 0 Å². The zero-order chi connectivity index (χ0) is 22.8. The highest BCUT2D eigenvalue weighted by Gasteiger charge is 2.24. The molecule has 0 radical (unpaired) electrons. The molecule has 0 saturated carbocycles. The number of nitrogens with one attached hydrogen (secondary N) is 3. The second-order valence-electron chi connectivity index (χ2n) is 7.18. The summed E-state index contributed by atoms with van der Waals surface area (Å²) >= 11 is 1.05. The van der Waals surface area contributed by atoms with Crippen LogP contribution in [-0.4, -0.2) is 37.4 Å². The average molecular weight is 458 g/mol. The Morgan fingerprint density at radius 2 is 2.06 bits per heavy atom. The van der Waals surface area contributed by atoms with Crippen LogP contribution < -0.4 is 10.6 Å². The number of para-hydroxylation sites is 1. The van der Waals surface area contributed by atoms with Crippen LogP contribution >= 0.6 is 11.3 Å². The molecule has 11 heteroatoms. The zero-order valence-electron chi connectivity index (χ0n) is 17.2. The largest absolute Gasteiger partial charge is 0.361 e. The summed E-state index contributed by atoms with van der Waals surface area (Å²) in [4.78, 5) is 36.6. The third-order valence-electron chi connectivity index (χ3n) is 4.90. The molecule has 3 aromatic heterocycles. The number of rotatable bonds is 7. The first-order chi connectivity index (χ1) is 15.3. The maximum absolute atomic E-state index is 13.2. The molecule has 8 nitrogen and oxygen atoms in total. The van der Waals surface area contributed by atoms with Crippen molar-refractivity contribution in [2.24, 2.45) is 0 Å². The van der Waals surface area contributed by atoms with Gasteiger partial charge < -0.3 is 15.6 Å². The quantitative estimate of drug-likeness (QED) is 0.391. The number of aryl methyl sites for hydroxylation is 1. The molecule has 1 atom stereocenters. The molecule has 0 aliphatic heterocycles. The van der Waals surface area contributed by atoms with Gasteiger partial charge in [-0.15, -0.1) is 0 Å². The summed E-state index contributed by atoms with van der Waals surface area (Å²) in [6.45, 7) is 0.251. The SMILES string of the molecule is CC(=O)NC(Cc1c[nH]c2ccccc12)C(=O)Nc1nc(C)c(-c2nccn2C(F)F)s1. The number of amides is 2. The highest BCUT2D eigenvalue weighted by Crippen LogP contribution is 2.33. The Morgan fingerprint density at radius 3 is 2.81 bits per heavy atom. The standard InChI is InChI=1S/C21H20F2N6O2S/c1-11-17(18-24-7-8-29(18)20(22)23)32-21(26-11)28-19(31)16(27-12(2)30)9-13-10-25-15-6-4-3-5-14(13)15/h3-8,10,16,20,25H,9H2,1-2H3,(H,27,30)(H,26,28,31). The van der Waals surface area contributed by atoms with Crippen molar-refractivity contribution in [3.63, 3.8) is 0 Å². The van der Waals surface area contributed by atoms with E-state index in [1.807, 2.05) is 30.5 Å². The van der Waals surface area contributed by atoms with Gasteiger partial charge in [0.05, 0.1) is 10.6 Å². The fraction of sp³-hybridized carbons (Fsp3) is 0.238. The molecule has 166 valence electrons. The van der Waals surface area contributed by atoms with Crippen molar-refractivity contribution in [1.82, 2.24) is 24.8 Å². The minimum atomic E-state index is -2.74. The van der Waals surface area contributed by atoms with E-state index in [-0.39, 0.29) is 23.3 Å². The summed E-state index contributed by atoms with van der Waals surface area (Å²) in [6, 6.07) is 6.82. The van der Waals surface area contributed by atoms with Crippen LogP contribution in [0.5, 0.6) is 0 Å². The molecular formula is C21H20F2N6O2S. The highest BCUT2D eigenvalue weighted by atomic mass is 32.1. The van der Waals surface area contributed by atoms with Crippen LogP contribution in [0.1, 0.15) is 24.7 Å². The van der Waals surface area contributed by atoms with E-state index >= 15 is 0 Å². The van der Waals surface area contributed by atoms with Crippen LogP contribution in [0.2, 0.25) is 0 Å². The first-order valence-electron chi connectivity index (χ1n) is 9.75. The number of hydrogen-bond donors (Lipinski definition) is 3. The summed E-state index contributed by atoms with van der Waals surface area (Å²) in [5.74, 6) is -0.726. The minimum Gasteiger partial charge on any atom is -0.361 e. The third-order valence-corrected chi connectivity index (χ3v) is 5.97. The lowest BCUT2D eigenvalue weighted by atomic mass is 10.0. The number of carbonyl (C=O) groups is 2. The van der Waals surface area contributed by atoms with Crippen molar-refractivity contribution in [2.75, 3.05) is 5.32 Å². The van der Waals surface area contributed by atoms with E-state index in [2.05, 4.69) is 25.6 Å². The number of aromatic nitrogens is 4. The maximum Gasteiger partial charge on any atom is 0.320 e. The van der Waals surface area contributed by atoms with Crippen LogP contribution in [0.25, 0.3) is 21.6 Å². The number of alkyl halides is 2. The molecule has 32 heavy (non-hydrogen) atoms. The number of imidazole rings is 1. The summed E-state index contributed by atoms with van der Waals surface area (Å²) in [5.41, 5.74) is 2.27. The number of anilines is 1. The number of carbonyl (C=O) groups excluding carboxylic acids is 2. The first kappa shape index (κ1) is 21.6. The maximum atomic E-state index is 13.2. The van der Waals surface area contributed by atoms with Crippen LogP contribution in [0.3, 0.4) is 0 Å². The van der Waals surface area contributed by atoms with Gasteiger partial charge in [0.2, 0.25) is 11.8 Å². The van der Waals surface area contributed by atoms with Gasteiger partial charge in [0.1, 0.15) is 6.04 Å². The topological polar surface area (TPSA) is 105 Å². The zero-order valence-corrected chi connectivity index (χ0v) is 18.0. The van der Waals surface area contributed by atoms with E-state index in [1.165, 1.54) is 19.3 Å². The average Bonchev–Trinajstić information content (AvgIpc) is 3.46. The summed E-state index contributed by atoms with van der Waals surface area (Å²) < 4.78 is 27.2. The van der Waals surface area contributed by atoms with Crippen molar-refractivity contribution in [3.8, 4) is 10.7 Å². The van der Waals surface area contributed by atoms with E-state index in [1.54, 1.807) is 6.92 Å². The normalized spacial score (nSPS) is 12.3. The molecule has 0 aliphatic carbocycles. The van der Waals surface area contributed by atoms with Gasteiger partial charge in [0, 0.05) is 42.8 Å². The summed E-state index contributed by atoms with van der Waals surface area (Å²) in [7, 11) is 0. The Balaban J connectivity index is 1.56. The number of H-pyrrole nitrogens is 1. The van der Waals surface area contributed by atoms with Gasteiger partial charge in [-0.3, -0.25) is 14.2 Å². The van der Waals surface area contributed by atoms with Gasteiger partial charge in [-0.05, 0) is 18.6 Å². The van der Waals surface area contributed by atoms with Gasteiger partial charge in [-0.1, -0.05) is 29.5 Å². The second kappa shape index (κ2) is 8.87. The Labute approximate surface area is 185 Å². The predicted octanol–water partition coefficient (Wildman–Crippen LogP) is 3.88. The van der Waals surface area contributed by atoms with Gasteiger partial charge in [0.25, 0.3) is 0 Å². The van der Waals surface area contributed by atoms with Crippen molar-refractivity contribution in [1.29, 1.82) is 0 Å². The Morgan fingerprint density at radius 1 is 1.28 bits per heavy atom. The molecule has 4 rings (SSSR count). The second-order valence-corrected chi connectivity index (χ2v) is 8.17. The smallest absolute Gasteiger partial charge is 0.320 e. The van der Waals surface area contributed by atoms with Crippen molar-refractivity contribution < 1.29 is 18.4 Å². The van der Waals surface area contributed by atoms with Gasteiger partial charge in [0.15, 0.2) is 11.0 Å². The highest BCUT2D eigenvalue weighted by molar-refractivity contribution is 7.19. The fourth-order valence-corrected chi connectivity index (χ4v) is 4.44. The Bertz CT molecular complexity index is 1280. The molecule has 0 aliphatic rings. The van der Waals surface area contributed by atoms with Gasteiger partial charge in [-0.2, -0.15) is 8.78 Å². The van der Waals surface area contributed by atoms with Crippen molar-refractivity contribution in [2.45, 2.75) is 32.9 Å². The number of hydrogen-bond acceptors (Lipinski definition) is 5. The summed E-state index contributed by atoms with van der Waals surface area (Å²) in [6.07, 6.45) is 4.54. The monoisotopic (exact) mass is 458 g/mol. The third kappa shape index (κ3) is 4.37. The molecule has 1 unspecified atom stereocenters. The molecule has 0 spiro atoms. The number of benzene rings is 1. The molecule has 0 saturated heterocycles. The number of halogens is 2. The van der Waals surface area contributed by atoms with E-state index in [0.29, 0.717) is 10.6 Å². The van der Waals surface area contributed by atoms with E-state index < -0.39 is 18.5 Å². The molecule has 0 fully saturated rings. The molecule has 2 amide bonds. The lowest BCUT2D eigenvalue weighted by Gasteiger charge is -2.16. The lowest BCUT2D eigenvalue weighted by Crippen LogP contribution is -2.44. The number of nitrogens with zero attached hydrogens (tertiary/aromatic N) is 3. The van der Waals surface area contributed by atoms with E-state index in [0.717, 1.165) is 32.4 Å². The molecule has 3 N–H and O–H groups in total. The van der Waals surface area contributed by atoms with E-state index in [9.17, 15) is 18.4 Å². The molecule has 0 bridgehead atoms. The molecule has 1 aromatic carbocycles. The van der Waals surface area contributed by atoms with Gasteiger partial charge >= 0.3 is 6.55 Å². The molecular weight excluding hydrogens is 438 g/mol. The Kier molecular flexibility index (Phi) is 5.99. The number of aromatic amines is 1. The van der Waals surface area contributed by atoms with Crippen LogP contribution in [-0.2, 0) is 16.0 Å².